The smallest absolute Gasteiger partial charge is 0.187 e. The van der Waals surface area contributed by atoms with Crippen molar-refractivity contribution in [2.24, 2.45) is 0 Å². The first-order valence-corrected chi connectivity index (χ1v) is 29.3. The molecule has 0 saturated carbocycles. The van der Waals surface area contributed by atoms with Gasteiger partial charge in [-0.05, 0) is 6.42 Å². The molecule has 0 radical (unpaired) electrons. The van der Waals surface area contributed by atoms with E-state index in [1.807, 2.05) is 0 Å². The van der Waals surface area contributed by atoms with Gasteiger partial charge in [-0.25, -0.2) is 0 Å². The van der Waals surface area contributed by atoms with E-state index in [4.69, 9.17) is 80.5 Å². The molecule has 91 heavy (non-hydrogen) atoms. The van der Waals surface area contributed by atoms with E-state index in [-0.39, 0.29) is 6.42 Å². The van der Waals surface area contributed by atoms with Crippen LogP contribution in [0.1, 0.15) is 13.3 Å². The molecular formula is C51H88O40. The van der Waals surface area contributed by atoms with Gasteiger partial charge in [0.2, 0.25) is 0 Å². The van der Waals surface area contributed by atoms with Crippen molar-refractivity contribution in [1.29, 1.82) is 0 Å². The maximum absolute atomic E-state index is 11.9. The molecule has 0 aromatic rings. The first-order valence-electron chi connectivity index (χ1n) is 29.3. The Morgan fingerprint density at radius 3 is 0.714 bits per heavy atom. The minimum absolute atomic E-state index is 0.0767. The van der Waals surface area contributed by atoms with Crippen LogP contribution in [0.3, 0.4) is 0 Å². The molecule has 40 heteroatoms. The molecular weight excluding hydrogens is 1250 g/mol. The number of hydrogen-bond donors (Lipinski definition) is 23. The Morgan fingerprint density at radius 2 is 0.451 bits per heavy atom. The van der Waals surface area contributed by atoms with Crippen LogP contribution in [0.5, 0.6) is 0 Å². The lowest BCUT2D eigenvalue weighted by Crippen LogP contribution is -2.68. The molecule has 0 aromatic carbocycles. The molecule has 40 nitrogen and oxygen atoms in total. The summed E-state index contributed by atoms with van der Waals surface area (Å²) in [5.41, 5.74) is 0. The summed E-state index contributed by atoms with van der Waals surface area (Å²) in [6, 6.07) is 0. The summed E-state index contributed by atoms with van der Waals surface area (Å²) in [6.07, 6.45) is -75.0. The van der Waals surface area contributed by atoms with Gasteiger partial charge in [0.1, 0.15) is 189 Å². The highest BCUT2D eigenvalue weighted by Gasteiger charge is 2.59. The van der Waals surface area contributed by atoms with Crippen molar-refractivity contribution < 1.29 is 198 Å². The second-order valence-corrected chi connectivity index (χ2v) is 23.1. The summed E-state index contributed by atoms with van der Waals surface area (Å²) in [5.74, 6) is 0. The highest BCUT2D eigenvalue weighted by Crippen LogP contribution is 2.39. The first-order chi connectivity index (χ1) is 43.3. The third-order valence-corrected chi connectivity index (χ3v) is 17.3. The second kappa shape index (κ2) is 32.8. The van der Waals surface area contributed by atoms with Gasteiger partial charge in [-0.3, -0.25) is 0 Å². The van der Waals surface area contributed by atoms with E-state index in [2.05, 4.69) is 0 Å². The largest absolute Gasteiger partial charge is 0.394 e. The van der Waals surface area contributed by atoms with Gasteiger partial charge in [0, 0.05) is 14.2 Å². The van der Waals surface area contributed by atoms with Crippen molar-refractivity contribution in [3.8, 4) is 0 Å². The normalized spacial score (nSPS) is 52.7. The van der Waals surface area contributed by atoms with Crippen molar-refractivity contribution in [3.63, 3.8) is 0 Å². The van der Waals surface area contributed by atoms with E-state index in [9.17, 15) is 117 Å². The van der Waals surface area contributed by atoms with Gasteiger partial charge in [0.25, 0.3) is 0 Å². The van der Waals surface area contributed by atoms with Crippen molar-refractivity contribution in [2.75, 3.05) is 60.5 Å². The summed E-state index contributed by atoms with van der Waals surface area (Å²) >= 11 is 0. The van der Waals surface area contributed by atoms with Crippen LogP contribution in [0.25, 0.3) is 0 Å². The lowest BCUT2D eigenvalue weighted by molar-refractivity contribution is -0.400. The van der Waals surface area contributed by atoms with Gasteiger partial charge in [-0.2, -0.15) is 0 Å². The van der Waals surface area contributed by atoms with E-state index in [0.717, 1.165) is 7.11 Å². The monoisotopic (exact) mass is 1340 g/mol. The highest BCUT2D eigenvalue weighted by molar-refractivity contribution is 5.01. The molecule has 8 fully saturated rings. The average molecular weight is 1340 g/mol. The minimum Gasteiger partial charge on any atom is -0.394 e. The molecule has 8 aliphatic rings. The lowest BCUT2D eigenvalue weighted by atomic mass is 9.95. The fraction of sp³-hybridized carbons (Fsp3) is 1.00. The summed E-state index contributed by atoms with van der Waals surface area (Å²) in [4.78, 5) is 0. The summed E-state index contributed by atoms with van der Waals surface area (Å²) in [5, 5.41) is 251. The molecule has 0 amide bonds. The topological polar surface area (TPSA) is 622 Å². The van der Waals surface area contributed by atoms with Gasteiger partial charge >= 0.3 is 0 Å². The number of methoxy groups -OCH3 is 2. The van der Waals surface area contributed by atoms with Crippen molar-refractivity contribution in [2.45, 2.75) is 259 Å². The number of aliphatic hydroxyl groups is 23. The predicted molar refractivity (Wildman–Crippen MR) is 277 cm³/mol. The molecule has 0 spiro atoms. The number of aliphatic hydroxyl groups excluding tert-OH is 23. The fourth-order valence-corrected chi connectivity index (χ4v) is 12.0. The molecule has 0 aromatic heterocycles. The van der Waals surface area contributed by atoms with Crippen molar-refractivity contribution in [3.05, 3.63) is 0 Å². The fourth-order valence-electron chi connectivity index (χ4n) is 12.0. The maximum Gasteiger partial charge on any atom is 0.187 e. The van der Waals surface area contributed by atoms with E-state index in [0.29, 0.717) is 0 Å². The van der Waals surface area contributed by atoms with E-state index >= 15 is 0 Å². The minimum atomic E-state index is -2.33. The molecule has 8 saturated heterocycles. The zero-order chi connectivity index (χ0) is 66.8. The van der Waals surface area contributed by atoms with Gasteiger partial charge in [-0.15, -0.1) is 0 Å². The maximum atomic E-state index is 11.9. The van der Waals surface area contributed by atoms with Crippen LogP contribution in [0.2, 0.25) is 0 Å². The van der Waals surface area contributed by atoms with Crippen LogP contribution in [0, 0.1) is 0 Å². The standard InChI is InChI=1S/C51H88O40/c1-4-12-20(58)21(59)29(67)45(78-12)77-11-19-43(91-50-35(73)27(65)41(17(9-56)84-50)89-48-33(71)24(62)39(15(7-54)82-48)87-46-31(69)22(60)37(75-2)13(5-52)80-46)28(66)36(74)51(85-19)90-42-18(10-57)83-49(34(72)26(42)64)88-40-16(8-55)81-47(32(70)25(40)63)86-38-14(6-53)79-44(76-3)30(68)23(38)61/h12-74H,4-11H2,1-3H3/t12?,13?,14?,15?,16?,17?,18?,19?,20-,21?,22?,23?,24?,25?,26?,27?,28?,29+,30+,31+,32+,33+,34+,35+,36+,37-,38-,39-,40-,41-,42-,43-,44+,45+,46-,47-,48-,49-,50-,51-/m0/s1. The third-order valence-electron chi connectivity index (χ3n) is 17.3. The quantitative estimate of drug-likeness (QED) is 0.0427. The summed E-state index contributed by atoms with van der Waals surface area (Å²) in [6.45, 7) is -5.07. The Morgan fingerprint density at radius 1 is 0.231 bits per heavy atom. The van der Waals surface area contributed by atoms with Crippen LogP contribution >= 0.6 is 0 Å². The zero-order valence-corrected chi connectivity index (χ0v) is 49.0. The molecule has 40 atom stereocenters. The van der Waals surface area contributed by atoms with Crippen LogP contribution in [0.4, 0.5) is 0 Å². The van der Waals surface area contributed by atoms with Gasteiger partial charge < -0.3 is 198 Å². The van der Waals surface area contributed by atoms with E-state index in [1.54, 1.807) is 6.92 Å². The van der Waals surface area contributed by atoms with Crippen LogP contribution in [-0.2, 0) is 80.5 Å². The number of ether oxygens (including phenoxy) is 17. The van der Waals surface area contributed by atoms with E-state index in [1.165, 1.54) is 7.11 Å². The molecule has 0 aliphatic carbocycles. The molecule has 16 unspecified atom stereocenters. The predicted octanol–water partition coefficient (Wildman–Crippen LogP) is -15.7. The number of rotatable bonds is 24. The Labute approximate surface area is 516 Å². The first kappa shape index (κ1) is 75.2. The Hall–Kier alpha value is -1.60. The summed E-state index contributed by atoms with van der Waals surface area (Å²) in [7, 11) is 2.32. The summed E-state index contributed by atoms with van der Waals surface area (Å²) < 4.78 is 95.9. The van der Waals surface area contributed by atoms with Gasteiger partial charge in [0.05, 0.1) is 52.4 Å². The molecule has 8 rings (SSSR count). The highest BCUT2D eigenvalue weighted by atomic mass is 16.8. The van der Waals surface area contributed by atoms with Crippen LogP contribution in [-0.4, -0.2) is 424 Å². The SMILES string of the molecule is CCC1O[C@@H](OCC2O[C@@H](O[C@H]3C(CO)O[C@@H](O[C@H]4C(CO)O[C@@H](O[C@H]5C(CO)O[C@@H](OC)[C@H](O)C5O)[C@H](O)C4O)[C@H](O)C3O)[C@H](O)C(O)[C@H]2O[C@@H]2OC(CO)[C@H](O[C@@H]3OC(CO)[C@H](O[C@@H]4OC(CO)[C@H](OC)C(O)[C@H]4O)C(O)[C@H]3O)C(O)[C@H]2O)[C@H](O)C(O)[C@H]1O. The number of hydrogen-bond acceptors (Lipinski definition) is 40. The van der Waals surface area contributed by atoms with Gasteiger partial charge in [-0.1, -0.05) is 6.92 Å². The molecule has 0 bridgehead atoms. The zero-order valence-electron chi connectivity index (χ0n) is 49.0. The Kier molecular flexibility index (Phi) is 27.1. The Bertz CT molecular complexity index is 2160. The van der Waals surface area contributed by atoms with Crippen molar-refractivity contribution in [1.82, 2.24) is 0 Å². The molecule has 8 heterocycles. The third kappa shape index (κ3) is 15.6. The molecule has 532 valence electrons. The van der Waals surface area contributed by atoms with Crippen LogP contribution < -0.4 is 0 Å². The van der Waals surface area contributed by atoms with E-state index < -0.39 is 292 Å². The molecule has 8 aliphatic heterocycles. The second-order valence-electron chi connectivity index (χ2n) is 23.1. The molecule has 23 N–H and O–H groups in total. The van der Waals surface area contributed by atoms with Crippen molar-refractivity contribution >= 4 is 0 Å². The lowest BCUT2D eigenvalue weighted by Gasteiger charge is -2.50. The Balaban J connectivity index is 0.947. The van der Waals surface area contributed by atoms with Gasteiger partial charge in [0.15, 0.2) is 50.3 Å². The average Bonchev–Trinajstić information content (AvgIpc) is 1.64. The van der Waals surface area contributed by atoms with Crippen LogP contribution in [0.15, 0.2) is 0 Å².